The lowest BCUT2D eigenvalue weighted by Crippen LogP contribution is -2.34. The average molecular weight is 247 g/mol. The summed E-state index contributed by atoms with van der Waals surface area (Å²) >= 11 is 0. The van der Waals surface area contributed by atoms with Gasteiger partial charge >= 0.3 is 0 Å². The lowest BCUT2D eigenvalue weighted by Gasteiger charge is -2.24. The Labute approximate surface area is 106 Å². The zero-order valence-electron chi connectivity index (χ0n) is 10.3. The summed E-state index contributed by atoms with van der Waals surface area (Å²) in [7, 11) is 0. The van der Waals surface area contributed by atoms with Crippen LogP contribution in [0.3, 0.4) is 0 Å². The fourth-order valence-corrected chi connectivity index (χ4v) is 2.31. The molecule has 1 aromatic rings. The molecule has 0 aliphatic carbocycles. The van der Waals surface area contributed by atoms with Crippen molar-refractivity contribution in [3.8, 4) is 5.75 Å². The third kappa shape index (κ3) is 2.13. The van der Waals surface area contributed by atoms with Crippen LogP contribution in [0.15, 0.2) is 18.2 Å². The Balaban J connectivity index is 1.78. The average Bonchev–Trinajstić information content (AvgIpc) is 2.84. The van der Waals surface area contributed by atoms with E-state index in [4.69, 9.17) is 4.74 Å². The van der Waals surface area contributed by atoms with Gasteiger partial charge in [-0.3, -0.25) is 4.79 Å². The topological polar surface area (TPSA) is 62.4 Å². The smallest absolute Gasteiger partial charge is 0.265 e. The highest BCUT2D eigenvalue weighted by Gasteiger charge is 2.24. The van der Waals surface area contributed by atoms with E-state index in [9.17, 15) is 4.79 Å². The molecule has 0 aromatic heterocycles. The van der Waals surface area contributed by atoms with Crippen LogP contribution in [0.5, 0.6) is 5.75 Å². The van der Waals surface area contributed by atoms with Crippen LogP contribution in [0, 0.1) is 0 Å². The third-order valence-electron chi connectivity index (χ3n) is 3.34. The van der Waals surface area contributed by atoms with Crippen molar-refractivity contribution < 1.29 is 9.53 Å². The number of benzene rings is 1. The Hall–Kier alpha value is -1.75. The lowest BCUT2D eigenvalue weighted by molar-refractivity contribution is -0.122. The molecule has 0 bridgehead atoms. The maximum Gasteiger partial charge on any atom is 0.265 e. The minimum atomic E-state index is -0.421. The molecule has 2 atom stereocenters. The van der Waals surface area contributed by atoms with Crippen molar-refractivity contribution in [1.82, 2.24) is 5.32 Å². The highest BCUT2D eigenvalue weighted by Crippen LogP contribution is 2.32. The molecule has 1 fully saturated rings. The molecule has 2 aliphatic rings. The molecule has 0 spiro atoms. The fourth-order valence-electron chi connectivity index (χ4n) is 2.31. The second-order valence-electron chi connectivity index (χ2n) is 4.79. The van der Waals surface area contributed by atoms with Crippen LogP contribution in [-0.2, 0) is 4.79 Å². The minimum Gasteiger partial charge on any atom is -0.479 e. The zero-order chi connectivity index (χ0) is 12.5. The van der Waals surface area contributed by atoms with Crippen molar-refractivity contribution in [1.29, 1.82) is 0 Å². The van der Waals surface area contributed by atoms with Crippen molar-refractivity contribution >= 4 is 17.3 Å². The van der Waals surface area contributed by atoms with Gasteiger partial charge in [-0.1, -0.05) is 0 Å². The molecule has 18 heavy (non-hydrogen) atoms. The highest BCUT2D eigenvalue weighted by molar-refractivity contribution is 5.98. The molecule has 1 aromatic carbocycles. The number of amides is 1. The molecule has 2 unspecified atom stereocenters. The Kier molecular flexibility index (Phi) is 2.83. The van der Waals surface area contributed by atoms with Gasteiger partial charge in [-0.05, 0) is 38.1 Å². The molecule has 2 heterocycles. The first-order valence-corrected chi connectivity index (χ1v) is 6.31. The SMILES string of the molecule is CC1Oc2ccc(NC3CCNC3)cc2NC1=O. The van der Waals surface area contributed by atoms with Gasteiger partial charge in [0.25, 0.3) is 5.91 Å². The molecule has 2 aliphatic heterocycles. The van der Waals surface area contributed by atoms with E-state index in [2.05, 4.69) is 16.0 Å². The van der Waals surface area contributed by atoms with Crippen molar-refractivity contribution in [2.75, 3.05) is 23.7 Å². The van der Waals surface area contributed by atoms with Crippen LogP contribution in [-0.4, -0.2) is 31.1 Å². The Morgan fingerprint density at radius 1 is 1.44 bits per heavy atom. The predicted molar refractivity (Wildman–Crippen MR) is 70.1 cm³/mol. The van der Waals surface area contributed by atoms with E-state index in [0.717, 1.165) is 36.6 Å². The van der Waals surface area contributed by atoms with E-state index in [1.165, 1.54) is 0 Å². The molecule has 0 radical (unpaired) electrons. The summed E-state index contributed by atoms with van der Waals surface area (Å²) in [6.45, 7) is 3.78. The molecule has 5 nitrogen and oxygen atoms in total. The number of ether oxygens (including phenoxy) is 1. The summed E-state index contributed by atoms with van der Waals surface area (Å²) in [4.78, 5) is 11.5. The van der Waals surface area contributed by atoms with Crippen molar-refractivity contribution in [2.24, 2.45) is 0 Å². The van der Waals surface area contributed by atoms with Gasteiger partial charge < -0.3 is 20.7 Å². The van der Waals surface area contributed by atoms with Crippen LogP contribution >= 0.6 is 0 Å². The molecule has 3 N–H and O–H groups in total. The van der Waals surface area contributed by atoms with Crippen LogP contribution in [0.2, 0.25) is 0 Å². The van der Waals surface area contributed by atoms with E-state index in [1.54, 1.807) is 6.92 Å². The first kappa shape index (κ1) is 11.3. The van der Waals surface area contributed by atoms with E-state index in [1.807, 2.05) is 18.2 Å². The van der Waals surface area contributed by atoms with Gasteiger partial charge in [0.05, 0.1) is 5.69 Å². The number of nitrogens with one attached hydrogen (secondary N) is 3. The highest BCUT2D eigenvalue weighted by atomic mass is 16.5. The monoisotopic (exact) mass is 247 g/mol. The van der Waals surface area contributed by atoms with Gasteiger partial charge in [-0.2, -0.15) is 0 Å². The molecular formula is C13H17N3O2. The van der Waals surface area contributed by atoms with Gasteiger partial charge in [0, 0.05) is 18.3 Å². The first-order valence-electron chi connectivity index (χ1n) is 6.31. The summed E-state index contributed by atoms with van der Waals surface area (Å²) in [6, 6.07) is 6.27. The number of carbonyl (C=O) groups excluding carboxylic acids is 1. The third-order valence-corrected chi connectivity index (χ3v) is 3.34. The summed E-state index contributed by atoms with van der Waals surface area (Å²) in [5, 5.41) is 9.61. The lowest BCUT2D eigenvalue weighted by atomic mass is 10.2. The van der Waals surface area contributed by atoms with Gasteiger partial charge in [-0.15, -0.1) is 0 Å². The van der Waals surface area contributed by atoms with Crippen LogP contribution in [0.4, 0.5) is 11.4 Å². The minimum absolute atomic E-state index is 0.0952. The molecule has 5 heteroatoms. The Morgan fingerprint density at radius 3 is 3.11 bits per heavy atom. The number of rotatable bonds is 2. The van der Waals surface area contributed by atoms with Crippen LogP contribution < -0.4 is 20.7 Å². The summed E-state index contributed by atoms with van der Waals surface area (Å²) in [6.07, 6.45) is 0.701. The number of fused-ring (bicyclic) bond motifs is 1. The van der Waals surface area contributed by atoms with Crippen molar-refractivity contribution in [2.45, 2.75) is 25.5 Å². The molecule has 1 amide bonds. The Morgan fingerprint density at radius 2 is 2.33 bits per heavy atom. The largest absolute Gasteiger partial charge is 0.479 e. The molecule has 3 rings (SSSR count). The van der Waals surface area contributed by atoms with E-state index in [0.29, 0.717) is 6.04 Å². The number of hydrogen-bond donors (Lipinski definition) is 3. The second-order valence-corrected chi connectivity index (χ2v) is 4.79. The second kappa shape index (κ2) is 4.49. The van der Waals surface area contributed by atoms with Crippen molar-refractivity contribution in [3.05, 3.63) is 18.2 Å². The number of anilines is 2. The molecule has 96 valence electrons. The van der Waals surface area contributed by atoms with E-state index >= 15 is 0 Å². The standard InChI is InChI=1S/C13H17N3O2/c1-8-13(17)16-11-6-9(2-3-12(11)18-8)15-10-4-5-14-7-10/h2-3,6,8,10,14-15H,4-5,7H2,1H3,(H,16,17). The number of carbonyl (C=O) groups is 1. The van der Waals surface area contributed by atoms with Crippen LogP contribution in [0.25, 0.3) is 0 Å². The first-order chi connectivity index (χ1) is 8.72. The summed E-state index contributed by atoms with van der Waals surface area (Å²) in [5.41, 5.74) is 1.76. The Bertz CT molecular complexity index is 469. The molecular weight excluding hydrogens is 230 g/mol. The van der Waals surface area contributed by atoms with Gasteiger partial charge in [0.2, 0.25) is 0 Å². The van der Waals surface area contributed by atoms with Gasteiger partial charge in [0.15, 0.2) is 6.10 Å². The zero-order valence-corrected chi connectivity index (χ0v) is 10.3. The maximum atomic E-state index is 11.5. The quantitative estimate of drug-likeness (QED) is 0.734. The predicted octanol–water partition coefficient (Wildman–Crippen LogP) is 1.18. The molecule has 0 saturated carbocycles. The molecule has 1 saturated heterocycles. The fraction of sp³-hybridized carbons (Fsp3) is 0.462. The normalized spacial score (nSPS) is 26.2. The summed E-state index contributed by atoms with van der Waals surface area (Å²) in [5.74, 6) is 0.638. The van der Waals surface area contributed by atoms with E-state index in [-0.39, 0.29) is 5.91 Å². The van der Waals surface area contributed by atoms with Crippen LogP contribution in [0.1, 0.15) is 13.3 Å². The number of hydrogen-bond acceptors (Lipinski definition) is 4. The maximum absolute atomic E-state index is 11.5. The van der Waals surface area contributed by atoms with Gasteiger partial charge in [-0.25, -0.2) is 0 Å². The van der Waals surface area contributed by atoms with E-state index < -0.39 is 6.10 Å². The van der Waals surface area contributed by atoms with Gasteiger partial charge in [0.1, 0.15) is 5.75 Å². The van der Waals surface area contributed by atoms with Crippen molar-refractivity contribution in [3.63, 3.8) is 0 Å². The summed E-state index contributed by atoms with van der Waals surface area (Å²) < 4.78 is 5.52.